The van der Waals surface area contributed by atoms with E-state index in [1.807, 2.05) is 30.3 Å². The number of non-ortho nitro benzene ring substituents is 1. The maximum atomic E-state index is 13.5. The van der Waals surface area contributed by atoms with Gasteiger partial charge in [0.15, 0.2) is 0 Å². The van der Waals surface area contributed by atoms with E-state index in [1.165, 1.54) is 18.2 Å². The van der Waals surface area contributed by atoms with Crippen LogP contribution in [-0.4, -0.2) is 55.1 Å². The van der Waals surface area contributed by atoms with Crippen LogP contribution in [0.4, 0.5) is 15.8 Å². The number of nitrogens with one attached hydrogen (secondary N) is 1. The van der Waals surface area contributed by atoms with Crippen LogP contribution in [-0.2, 0) is 24.2 Å². The van der Waals surface area contributed by atoms with Crippen LogP contribution in [0.25, 0.3) is 0 Å². The van der Waals surface area contributed by atoms with Gasteiger partial charge in [-0.2, -0.15) is 0 Å². The lowest BCUT2D eigenvalue weighted by atomic mass is 9.83. The van der Waals surface area contributed by atoms with E-state index in [1.54, 1.807) is 25.3 Å². The Kier molecular flexibility index (Phi) is 7.55. The van der Waals surface area contributed by atoms with Gasteiger partial charge in [0, 0.05) is 50.5 Å². The summed E-state index contributed by atoms with van der Waals surface area (Å²) in [6, 6.07) is 19.2. The molecule has 198 valence electrons. The van der Waals surface area contributed by atoms with Crippen LogP contribution in [0.5, 0.6) is 5.75 Å². The van der Waals surface area contributed by atoms with Gasteiger partial charge in [0.2, 0.25) is 5.91 Å². The van der Waals surface area contributed by atoms with Crippen molar-refractivity contribution in [3.05, 3.63) is 99.4 Å². The normalized spacial score (nSPS) is 18.8. The number of nitro groups is 1. The number of carbonyl (C=O) groups excluding carboxylic acids is 1. The van der Waals surface area contributed by atoms with Gasteiger partial charge in [0.1, 0.15) is 11.6 Å². The van der Waals surface area contributed by atoms with Gasteiger partial charge in [-0.15, -0.1) is 0 Å². The zero-order valence-electron chi connectivity index (χ0n) is 21.3. The second-order valence-electron chi connectivity index (χ2n) is 9.89. The number of amides is 1. The Bertz CT molecular complexity index is 1300. The number of fused-ring (bicyclic) bond motifs is 3. The second-order valence-corrected chi connectivity index (χ2v) is 9.89. The van der Waals surface area contributed by atoms with E-state index >= 15 is 0 Å². The monoisotopic (exact) mass is 518 g/mol. The maximum Gasteiger partial charge on any atom is 0.269 e. The molecule has 2 atom stereocenters. The van der Waals surface area contributed by atoms with Crippen molar-refractivity contribution in [1.82, 2.24) is 10.2 Å². The quantitative estimate of drug-likeness (QED) is 0.359. The molecule has 9 heteroatoms. The Morgan fingerprint density at radius 2 is 1.82 bits per heavy atom. The van der Waals surface area contributed by atoms with Crippen molar-refractivity contribution in [2.75, 3.05) is 38.2 Å². The number of ether oxygens (including phenoxy) is 1. The van der Waals surface area contributed by atoms with Gasteiger partial charge in [-0.1, -0.05) is 24.3 Å². The smallest absolute Gasteiger partial charge is 0.269 e. The first-order valence-electron chi connectivity index (χ1n) is 12.8. The van der Waals surface area contributed by atoms with E-state index in [-0.39, 0.29) is 29.4 Å². The van der Waals surface area contributed by atoms with Crippen molar-refractivity contribution in [1.29, 1.82) is 0 Å². The van der Waals surface area contributed by atoms with Crippen molar-refractivity contribution >= 4 is 17.3 Å². The van der Waals surface area contributed by atoms with Crippen LogP contribution >= 0.6 is 0 Å². The molecule has 0 radical (unpaired) electrons. The molecule has 1 amide bonds. The minimum absolute atomic E-state index is 0.0378. The molecule has 2 aliphatic rings. The fourth-order valence-electron chi connectivity index (χ4n) is 5.53. The van der Waals surface area contributed by atoms with E-state index in [0.717, 1.165) is 34.7 Å². The molecule has 1 saturated heterocycles. The van der Waals surface area contributed by atoms with Crippen molar-refractivity contribution in [3.8, 4) is 5.75 Å². The molecule has 8 nitrogen and oxygen atoms in total. The molecule has 3 aromatic rings. The summed E-state index contributed by atoms with van der Waals surface area (Å²) in [5.74, 6) is 0.129. The van der Waals surface area contributed by atoms with Gasteiger partial charge in [0.05, 0.1) is 24.0 Å². The van der Waals surface area contributed by atoms with Crippen LogP contribution in [0.2, 0.25) is 0 Å². The Labute approximate surface area is 221 Å². The molecular weight excluding hydrogens is 487 g/mol. The van der Waals surface area contributed by atoms with Crippen LogP contribution in [0.3, 0.4) is 0 Å². The maximum absolute atomic E-state index is 13.5. The minimum Gasteiger partial charge on any atom is -0.497 e. The molecule has 1 fully saturated rings. The molecular formula is C29H31FN4O4. The number of methoxy groups -OCH3 is 1. The first-order valence-corrected chi connectivity index (χ1v) is 12.8. The summed E-state index contributed by atoms with van der Waals surface area (Å²) >= 11 is 0. The zero-order chi connectivity index (χ0) is 26.6. The van der Waals surface area contributed by atoms with Crippen LogP contribution < -0.4 is 15.0 Å². The van der Waals surface area contributed by atoms with E-state index in [9.17, 15) is 19.3 Å². The molecule has 5 rings (SSSR count). The highest BCUT2D eigenvalue weighted by Crippen LogP contribution is 2.38. The standard InChI is InChI=1S/C29H31FN4O4/c1-38-25-9-4-20(5-10-25)12-13-31-29(35)26-17-22-16-24(34(36)37)8-11-27(22)33-15-14-32(19-28(26)33)18-21-2-6-23(30)7-3-21/h2-11,16,26,28H,12-15,17-19H2,1H3,(H,31,35). The minimum atomic E-state index is -0.392. The highest BCUT2D eigenvalue weighted by atomic mass is 19.1. The predicted molar refractivity (Wildman–Crippen MR) is 143 cm³/mol. The number of hydrogen-bond acceptors (Lipinski definition) is 6. The van der Waals surface area contributed by atoms with E-state index in [0.29, 0.717) is 39.0 Å². The van der Waals surface area contributed by atoms with E-state index in [4.69, 9.17) is 4.74 Å². The van der Waals surface area contributed by atoms with E-state index < -0.39 is 4.92 Å². The number of nitrogens with zero attached hydrogens (tertiary/aromatic N) is 3. The highest BCUT2D eigenvalue weighted by molar-refractivity contribution is 5.82. The number of nitro benzene ring substituents is 1. The summed E-state index contributed by atoms with van der Waals surface area (Å²) in [5, 5.41) is 14.5. The average Bonchev–Trinajstić information content (AvgIpc) is 2.93. The van der Waals surface area contributed by atoms with Crippen molar-refractivity contribution in [2.45, 2.75) is 25.4 Å². The lowest BCUT2D eigenvalue weighted by Crippen LogP contribution is -2.61. The Morgan fingerprint density at radius 3 is 2.53 bits per heavy atom. The fraction of sp³-hybridized carbons (Fsp3) is 0.345. The number of hydrogen-bond donors (Lipinski definition) is 1. The molecule has 0 aliphatic carbocycles. The highest BCUT2D eigenvalue weighted by Gasteiger charge is 2.41. The Balaban J connectivity index is 1.32. The Morgan fingerprint density at radius 1 is 1.08 bits per heavy atom. The SMILES string of the molecule is COc1ccc(CCNC(=O)C2Cc3cc([N+](=O)[O-])ccc3N3CCN(Cc4ccc(F)cc4)CC23)cc1. The second kappa shape index (κ2) is 11.2. The van der Waals surface area contributed by atoms with Gasteiger partial charge in [-0.3, -0.25) is 19.8 Å². The van der Waals surface area contributed by atoms with Gasteiger partial charge < -0.3 is 15.0 Å². The summed E-state index contributed by atoms with van der Waals surface area (Å²) in [6.07, 6.45) is 1.13. The van der Waals surface area contributed by atoms with Crippen molar-refractivity contribution in [3.63, 3.8) is 0 Å². The van der Waals surface area contributed by atoms with E-state index in [2.05, 4.69) is 15.1 Å². The summed E-state index contributed by atoms with van der Waals surface area (Å²) in [7, 11) is 1.63. The van der Waals surface area contributed by atoms with Crippen LogP contribution in [0.15, 0.2) is 66.7 Å². The summed E-state index contributed by atoms with van der Waals surface area (Å²) < 4.78 is 18.6. The first kappa shape index (κ1) is 25.7. The first-order chi connectivity index (χ1) is 18.4. The van der Waals surface area contributed by atoms with Gasteiger partial charge in [0.25, 0.3) is 5.69 Å². The molecule has 1 N–H and O–H groups in total. The van der Waals surface area contributed by atoms with Crippen molar-refractivity contribution in [2.24, 2.45) is 5.92 Å². The predicted octanol–water partition coefficient (Wildman–Crippen LogP) is 3.96. The topological polar surface area (TPSA) is 87.9 Å². The molecule has 0 bridgehead atoms. The summed E-state index contributed by atoms with van der Waals surface area (Å²) in [5.41, 5.74) is 3.95. The third-order valence-electron chi connectivity index (χ3n) is 7.52. The lowest BCUT2D eigenvalue weighted by Gasteiger charge is -2.49. The number of piperazine rings is 1. The molecule has 3 aromatic carbocycles. The molecule has 2 unspecified atom stereocenters. The van der Waals surface area contributed by atoms with Gasteiger partial charge >= 0.3 is 0 Å². The average molecular weight is 519 g/mol. The number of anilines is 1. The third kappa shape index (κ3) is 5.62. The summed E-state index contributed by atoms with van der Waals surface area (Å²) in [4.78, 5) is 29.1. The number of rotatable bonds is 8. The molecule has 0 saturated carbocycles. The molecule has 0 aromatic heterocycles. The number of carbonyl (C=O) groups is 1. The zero-order valence-corrected chi connectivity index (χ0v) is 21.3. The van der Waals surface area contributed by atoms with Crippen LogP contribution in [0.1, 0.15) is 16.7 Å². The number of halogens is 1. The molecule has 0 spiro atoms. The largest absolute Gasteiger partial charge is 0.497 e. The van der Waals surface area contributed by atoms with Gasteiger partial charge in [-0.05, 0) is 59.9 Å². The van der Waals surface area contributed by atoms with Gasteiger partial charge in [-0.25, -0.2) is 4.39 Å². The Hall–Kier alpha value is -3.98. The summed E-state index contributed by atoms with van der Waals surface area (Å²) in [6.45, 7) is 3.31. The molecule has 2 heterocycles. The van der Waals surface area contributed by atoms with Crippen LogP contribution in [0, 0.1) is 21.8 Å². The number of benzene rings is 3. The molecule has 2 aliphatic heterocycles. The van der Waals surface area contributed by atoms with Crippen molar-refractivity contribution < 1.29 is 18.8 Å². The lowest BCUT2D eigenvalue weighted by molar-refractivity contribution is -0.384. The fourth-order valence-corrected chi connectivity index (χ4v) is 5.53. The molecule has 38 heavy (non-hydrogen) atoms. The third-order valence-corrected chi connectivity index (χ3v) is 7.52.